The summed E-state index contributed by atoms with van der Waals surface area (Å²) in [4.78, 5) is 28.3. The fourth-order valence-electron chi connectivity index (χ4n) is 2.80. The second kappa shape index (κ2) is 8.28. The van der Waals surface area contributed by atoms with Crippen molar-refractivity contribution in [1.29, 1.82) is 0 Å². The van der Waals surface area contributed by atoms with Gasteiger partial charge >= 0.3 is 5.97 Å². The van der Waals surface area contributed by atoms with Crippen LogP contribution in [-0.4, -0.2) is 38.3 Å². The Morgan fingerprint density at radius 1 is 1.26 bits per heavy atom. The maximum Gasteiger partial charge on any atom is 0.311 e. The molecule has 0 spiro atoms. The van der Waals surface area contributed by atoms with Crippen LogP contribution in [0, 0.1) is 11.2 Å². The number of carbonyl (C=O) groups excluding carboxylic acids is 1. The van der Waals surface area contributed by atoms with Crippen LogP contribution in [0.4, 0.5) is 4.39 Å². The number of hydrogen-bond acceptors (Lipinski definition) is 4. The van der Waals surface area contributed by atoms with Crippen molar-refractivity contribution in [2.45, 2.75) is 46.5 Å². The molecule has 8 heteroatoms. The zero-order valence-corrected chi connectivity index (χ0v) is 16.0. The molecule has 7 nitrogen and oxygen atoms in total. The van der Waals surface area contributed by atoms with Gasteiger partial charge in [0, 0.05) is 12.5 Å². The summed E-state index contributed by atoms with van der Waals surface area (Å²) in [5.74, 6) is -1.78. The number of rotatable bonds is 8. The van der Waals surface area contributed by atoms with Gasteiger partial charge in [-0.25, -0.2) is 14.1 Å². The molecular formula is C19H25FN4O3. The van der Waals surface area contributed by atoms with E-state index < -0.39 is 23.1 Å². The average molecular weight is 376 g/mol. The van der Waals surface area contributed by atoms with E-state index >= 15 is 0 Å². The van der Waals surface area contributed by atoms with E-state index in [2.05, 4.69) is 15.4 Å². The van der Waals surface area contributed by atoms with Crippen LogP contribution in [0.2, 0.25) is 0 Å². The molecule has 146 valence electrons. The van der Waals surface area contributed by atoms with E-state index in [1.54, 1.807) is 32.0 Å². The Bertz CT molecular complexity index is 828. The number of nitrogens with one attached hydrogen (secondary N) is 1. The lowest BCUT2D eigenvalue weighted by Crippen LogP contribution is -2.42. The van der Waals surface area contributed by atoms with E-state index in [-0.39, 0.29) is 24.0 Å². The smallest absolute Gasteiger partial charge is 0.311 e. The van der Waals surface area contributed by atoms with Gasteiger partial charge in [-0.15, -0.1) is 5.10 Å². The highest BCUT2D eigenvalue weighted by Crippen LogP contribution is 2.26. The Kier molecular flexibility index (Phi) is 6.30. The topological polar surface area (TPSA) is 97.1 Å². The highest BCUT2D eigenvalue weighted by atomic mass is 19.1. The molecule has 0 aliphatic heterocycles. The Labute approximate surface area is 157 Å². The molecule has 0 saturated heterocycles. The first-order chi connectivity index (χ1) is 12.8. The second-order valence-corrected chi connectivity index (χ2v) is 6.79. The van der Waals surface area contributed by atoms with Crippen molar-refractivity contribution in [2.24, 2.45) is 5.41 Å². The lowest BCUT2D eigenvalue weighted by Gasteiger charge is -2.26. The van der Waals surface area contributed by atoms with Crippen LogP contribution in [0.1, 0.15) is 62.9 Å². The van der Waals surface area contributed by atoms with Crippen molar-refractivity contribution in [1.82, 2.24) is 20.1 Å². The molecule has 0 radical (unpaired) electrons. The van der Waals surface area contributed by atoms with Gasteiger partial charge in [0.15, 0.2) is 0 Å². The summed E-state index contributed by atoms with van der Waals surface area (Å²) in [6.45, 7) is 7.25. The van der Waals surface area contributed by atoms with Crippen LogP contribution in [0.15, 0.2) is 24.3 Å². The number of para-hydroxylation sites is 1. The summed E-state index contributed by atoms with van der Waals surface area (Å²) in [5.41, 5.74) is -0.834. The number of carbonyl (C=O) groups is 2. The number of nitrogens with zero attached hydrogens (tertiary/aromatic N) is 3. The van der Waals surface area contributed by atoms with Crippen LogP contribution in [0.5, 0.6) is 0 Å². The van der Waals surface area contributed by atoms with Gasteiger partial charge in [-0.2, -0.15) is 0 Å². The van der Waals surface area contributed by atoms with E-state index in [9.17, 15) is 19.1 Å². The van der Waals surface area contributed by atoms with Crippen molar-refractivity contribution in [2.75, 3.05) is 6.54 Å². The molecule has 1 aromatic heterocycles. The first-order valence-electron chi connectivity index (χ1n) is 8.99. The molecule has 1 aromatic carbocycles. The van der Waals surface area contributed by atoms with Crippen LogP contribution >= 0.6 is 0 Å². The van der Waals surface area contributed by atoms with Crippen LogP contribution < -0.4 is 5.32 Å². The summed E-state index contributed by atoms with van der Waals surface area (Å²) in [6, 6.07) is 6.11. The van der Waals surface area contributed by atoms with Crippen LogP contribution in [0.25, 0.3) is 5.69 Å². The predicted molar refractivity (Wildman–Crippen MR) is 98.4 cm³/mol. The first-order valence-corrected chi connectivity index (χ1v) is 8.99. The average Bonchev–Trinajstić information content (AvgIpc) is 3.08. The van der Waals surface area contributed by atoms with Gasteiger partial charge in [0.2, 0.25) is 5.82 Å². The summed E-state index contributed by atoms with van der Waals surface area (Å²) < 4.78 is 15.5. The maximum atomic E-state index is 14.2. The number of amides is 1. The maximum absolute atomic E-state index is 14.2. The quantitative estimate of drug-likeness (QED) is 0.738. The number of hydrogen-bond donors (Lipinski definition) is 2. The molecule has 0 fully saturated rings. The van der Waals surface area contributed by atoms with Gasteiger partial charge in [-0.3, -0.25) is 9.59 Å². The van der Waals surface area contributed by atoms with Crippen molar-refractivity contribution < 1.29 is 19.1 Å². The third kappa shape index (κ3) is 4.15. The fraction of sp³-hybridized carbons (Fsp3) is 0.474. The molecule has 1 heterocycles. The fourth-order valence-corrected chi connectivity index (χ4v) is 2.80. The normalized spacial score (nSPS) is 11.6. The van der Waals surface area contributed by atoms with E-state index in [0.717, 1.165) is 0 Å². The Morgan fingerprint density at radius 2 is 1.89 bits per heavy atom. The summed E-state index contributed by atoms with van der Waals surface area (Å²) >= 11 is 0. The second-order valence-electron chi connectivity index (χ2n) is 6.79. The van der Waals surface area contributed by atoms with E-state index in [4.69, 9.17) is 0 Å². The van der Waals surface area contributed by atoms with Crippen LogP contribution in [-0.2, 0) is 4.79 Å². The molecule has 2 rings (SSSR count). The van der Waals surface area contributed by atoms with Crippen molar-refractivity contribution in [3.8, 4) is 5.69 Å². The lowest BCUT2D eigenvalue weighted by atomic mass is 9.82. The Hall–Kier alpha value is -2.77. The van der Waals surface area contributed by atoms with Gasteiger partial charge in [0.1, 0.15) is 17.3 Å². The zero-order valence-electron chi connectivity index (χ0n) is 16.0. The summed E-state index contributed by atoms with van der Waals surface area (Å²) in [5, 5.41) is 16.3. The largest absolute Gasteiger partial charge is 0.481 e. The highest BCUT2D eigenvalue weighted by Gasteiger charge is 2.35. The molecule has 0 bridgehead atoms. The summed E-state index contributed by atoms with van der Waals surface area (Å²) in [7, 11) is 0. The number of aliphatic carboxylic acids is 1. The molecule has 2 N–H and O–H groups in total. The molecular weight excluding hydrogens is 351 g/mol. The van der Waals surface area contributed by atoms with Crippen LogP contribution in [0.3, 0.4) is 0 Å². The third-order valence-electron chi connectivity index (χ3n) is 4.83. The first kappa shape index (κ1) is 20.5. The Morgan fingerprint density at radius 3 is 2.41 bits per heavy atom. The molecule has 0 unspecified atom stereocenters. The molecule has 0 aliphatic carbocycles. The van der Waals surface area contributed by atoms with Gasteiger partial charge < -0.3 is 10.4 Å². The third-order valence-corrected chi connectivity index (χ3v) is 4.83. The molecule has 27 heavy (non-hydrogen) atoms. The van der Waals surface area contributed by atoms with Crippen molar-refractivity contribution in [3.05, 3.63) is 41.7 Å². The van der Waals surface area contributed by atoms with Crippen molar-refractivity contribution >= 4 is 11.9 Å². The SMILES string of the molecule is CCC(CC)(CNC(=O)c1nc(C(C)C)n(-c2ccccc2F)n1)C(=O)O. The highest BCUT2D eigenvalue weighted by molar-refractivity contribution is 5.91. The Balaban J connectivity index is 2.32. The van der Waals surface area contributed by atoms with E-state index in [1.165, 1.54) is 10.7 Å². The predicted octanol–water partition coefficient (Wildman–Crippen LogP) is 3.15. The number of benzene rings is 1. The monoisotopic (exact) mass is 376 g/mol. The van der Waals surface area contributed by atoms with E-state index in [1.807, 2.05) is 13.8 Å². The molecule has 2 aromatic rings. The van der Waals surface area contributed by atoms with Gasteiger partial charge in [0.25, 0.3) is 5.91 Å². The van der Waals surface area contributed by atoms with Gasteiger partial charge in [-0.05, 0) is 25.0 Å². The molecule has 1 amide bonds. The lowest BCUT2D eigenvalue weighted by molar-refractivity contribution is -0.149. The molecule has 0 atom stereocenters. The minimum absolute atomic E-state index is 0.0284. The number of carboxylic acids is 1. The zero-order chi connectivity index (χ0) is 20.2. The van der Waals surface area contributed by atoms with Gasteiger partial charge in [-0.1, -0.05) is 39.8 Å². The van der Waals surface area contributed by atoms with Crippen molar-refractivity contribution in [3.63, 3.8) is 0 Å². The van der Waals surface area contributed by atoms with Gasteiger partial charge in [0.05, 0.1) is 5.41 Å². The minimum Gasteiger partial charge on any atom is -0.481 e. The standard InChI is InChI=1S/C19H25FN4O3/c1-5-19(6-2,18(26)27)11-21-17(25)15-22-16(12(3)4)24(23-15)14-10-8-7-9-13(14)20/h7-10,12H,5-6,11H2,1-4H3,(H,21,25)(H,26,27). The number of aromatic nitrogens is 3. The molecule has 0 aliphatic rings. The summed E-state index contributed by atoms with van der Waals surface area (Å²) in [6.07, 6.45) is 0.765. The van der Waals surface area contributed by atoms with E-state index in [0.29, 0.717) is 18.7 Å². The number of halogens is 1. The number of carboxylic acid groups (broad SMARTS) is 1. The minimum atomic E-state index is -1.04. The molecule has 0 saturated carbocycles.